The van der Waals surface area contributed by atoms with Gasteiger partial charge in [0.15, 0.2) is 0 Å². The van der Waals surface area contributed by atoms with Crippen molar-refractivity contribution in [2.75, 3.05) is 25.5 Å². The summed E-state index contributed by atoms with van der Waals surface area (Å²) in [6.07, 6.45) is 5.06. The summed E-state index contributed by atoms with van der Waals surface area (Å²) in [7, 11) is -3.17. The van der Waals surface area contributed by atoms with Crippen molar-refractivity contribution in [1.82, 2.24) is 10.0 Å². The van der Waals surface area contributed by atoms with Crippen LogP contribution in [-0.4, -0.2) is 46.0 Å². The maximum atomic E-state index is 12.0. The van der Waals surface area contributed by atoms with Crippen LogP contribution in [0.1, 0.15) is 32.1 Å². The summed E-state index contributed by atoms with van der Waals surface area (Å²) in [6.45, 7) is 2.20. The molecule has 2 N–H and O–H groups in total. The minimum absolute atomic E-state index is 0.0302. The van der Waals surface area contributed by atoms with Crippen molar-refractivity contribution in [2.45, 2.75) is 44.2 Å². The molecule has 6 heteroatoms. The van der Waals surface area contributed by atoms with E-state index in [9.17, 15) is 8.42 Å². The highest BCUT2D eigenvalue weighted by molar-refractivity contribution is 7.89. The van der Waals surface area contributed by atoms with Crippen LogP contribution in [0.3, 0.4) is 0 Å². The van der Waals surface area contributed by atoms with Crippen molar-refractivity contribution in [3.8, 4) is 0 Å². The number of sulfonamides is 1. The van der Waals surface area contributed by atoms with E-state index >= 15 is 0 Å². The first kappa shape index (κ1) is 13.3. The monoisotopic (exact) mass is 262 g/mol. The molecule has 5 nitrogen and oxygen atoms in total. The van der Waals surface area contributed by atoms with E-state index in [0.717, 1.165) is 45.3 Å². The molecule has 100 valence electrons. The summed E-state index contributed by atoms with van der Waals surface area (Å²) in [5.41, 5.74) is 0. The zero-order chi connectivity index (χ0) is 12.1. The first-order chi connectivity index (χ1) is 8.16. The molecule has 17 heavy (non-hydrogen) atoms. The number of hydrogen-bond donors (Lipinski definition) is 2. The van der Waals surface area contributed by atoms with Gasteiger partial charge in [0.1, 0.15) is 0 Å². The second-order valence-electron chi connectivity index (χ2n) is 4.96. The Kier molecular flexibility index (Phi) is 4.78. The molecule has 0 radical (unpaired) electrons. The molecule has 0 saturated carbocycles. The first-order valence-electron chi connectivity index (χ1n) is 6.47. The average Bonchev–Trinajstić information content (AvgIpc) is 2.30. The van der Waals surface area contributed by atoms with Gasteiger partial charge in [-0.3, -0.25) is 0 Å². The summed E-state index contributed by atoms with van der Waals surface area (Å²) in [6, 6.07) is 0.0862. The van der Waals surface area contributed by atoms with Gasteiger partial charge < -0.3 is 10.1 Å². The van der Waals surface area contributed by atoms with Crippen LogP contribution in [0.25, 0.3) is 0 Å². The lowest BCUT2D eigenvalue weighted by molar-refractivity contribution is 0.0774. The van der Waals surface area contributed by atoms with E-state index in [1.807, 2.05) is 0 Å². The van der Waals surface area contributed by atoms with Gasteiger partial charge in [0.05, 0.1) is 12.4 Å². The Balaban J connectivity index is 1.80. The minimum Gasteiger partial charge on any atom is -0.380 e. The topological polar surface area (TPSA) is 67.4 Å². The van der Waals surface area contributed by atoms with Crippen molar-refractivity contribution >= 4 is 10.0 Å². The van der Waals surface area contributed by atoms with E-state index < -0.39 is 10.0 Å². The zero-order valence-electron chi connectivity index (χ0n) is 10.2. The van der Waals surface area contributed by atoms with E-state index in [1.165, 1.54) is 0 Å². The Morgan fingerprint density at radius 3 is 2.76 bits per heavy atom. The van der Waals surface area contributed by atoms with E-state index in [2.05, 4.69) is 10.0 Å². The average molecular weight is 262 g/mol. The van der Waals surface area contributed by atoms with Gasteiger partial charge in [-0.15, -0.1) is 0 Å². The summed E-state index contributed by atoms with van der Waals surface area (Å²) in [5, 5.41) is 3.26. The normalized spacial score (nSPS) is 31.3. The van der Waals surface area contributed by atoms with Crippen molar-refractivity contribution in [3.63, 3.8) is 0 Å². The predicted octanol–water partition coefficient (Wildman–Crippen LogP) is 0.227. The van der Waals surface area contributed by atoms with E-state index in [0.29, 0.717) is 6.61 Å². The van der Waals surface area contributed by atoms with E-state index in [4.69, 9.17) is 4.74 Å². The molecule has 0 aromatic carbocycles. The fourth-order valence-corrected chi connectivity index (χ4v) is 4.07. The summed E-state index contributed by atoms with van der Waals surface area (Å²) >= 11 is 0. The molecule has 2 fully saturated rings. The largest absolute Gasteiger partial charge is 0.380 e. The van der Waals surface area contributed by atoms with Crippen molar-refractivity contribution < 1.29 is 13.2 Å². The first-order valence-corrected chi connectivity index (χ1v) is 8.12. The van der Waals surface area contributed by atoms with Gasteiger partial charge in [-0.2, -0.15) is 0 Å². The Hall–Kier alpha value is -0.170. The zero-order valence-corrected chi connectivity index (χ0v) is 11.0. The molecule has 2 saturated heterocycles. The molecule has 2 unspecified atom stereocenters. The van der Waals surface area contributed by atoms with E-state index in [1.54, 1.807) is 0 Å². The molecule has 2 aliphatic rings. The second kappa shape index (κ2) is 6.13. The molecule has 0 amide bonds. The van der Waals surface area contributed by atoms with Crippen molar-refractivity contribution in [1.29, 1.82) is 0 Å². The third-order valence-corrected chi connectivity index (χ3v) is 4.87. The van der Waals surface area contributed by atoms with Crippen LogP contribution in [0.4, 0.5) is 0 Å². The highest BCUT2D eigenvalue weighted by atomic mass is 32.2. The number of nitrogens with one attached hydrogen (secondary N) is 2. The summed E-state index contributed by atoms with van der Waals surface area (Å²) < 4.78 is 31.9. The highest BCUT2D eigenvalue weighted by Crippen LogP contribution is 2.11. The van der Waals surface area contributed by atoms with Crippen molar-refractivity contribution in [3.05, 3.63) is 0 Å². The molecule has 2 rings (SSSR count). The third-order valence-electron chi connectivity index (χ3n) is 3.34. The number of rotatable bonds is 4. The van der Waals surface area contributed by atoms with Gasteiger partial charge >= 0.3 is 0 Å². The fraction of sp³-hybridized carbons (Fsp3) is 1.00. The van der Waals surface area contributed by atoms with Gasteiger partial charge in [0.2, 0.25) is 10.0 Å². The molecule has 0 spiro atoms. The number of piperidine rings is 1. The molecular formula is C11H22N2O3S. The Labute approximate surface area is 103 Å². The van der Waals surface area contributed by atoms with Crippen LogP contribution >= 0.6 is 0 Å². The van der Waals surface area contributed by atoms with Gasteiger partial charge in [-0.1, -0.05) is 6.42 Å². The van der Waals surface area contributed by atoms with Gasteiger partial charge in [-0.25, -0.2) is 13.1 Å². The Morgan fingerprint density at radius 2 is 2.12 bits per heavy atom. The lowest BCUT2D eigenvalue weighted by Crippen LogP contribution is -2.47. The van der Waals surface area contributed by atoms with Crippen LogP contribution in [0, 0.1) is 0 Å². The van der Waals surface area contributed by atoms with E-state index in [-0.39, 0.29) is 17.8 Å². The van der Waals surface area contributed by atoms with Gasteiger partial charge in [-0.05, 0) is 32.2 Å². The number of hydrogen-bond acceptors (Lipinski definition) is 4. The maximum absolute atomic E-state index is 12.0. The quantitative estimate of drug-likeness (QED) is 0.761. The summed E-state index contributed by atoms with van der Waals surface area (Å²) in [4.78, 5) is 0. The standard InChI is InChI=1S/C11H22N2O3S/c14-17(15,9-11-4-1-2-6-12-11)13-10-5-3-7-16-8-10/h10-13H,1-9H2. The van der Waals surface area contributed by atoms with Gasteiger partial charge in [0.25, 0.3) is 0 Å². The van der Waals surface area contributed by atoms with Crippen LogP contribution in [0.15, 0.2) is 0 Å². The predicted molar refractivity (Wildman–Crippen MR) is 66.4 cm³/mol. The highest BCUT2D eigenvalue weighted by Gasteiger charge is 2.24. The lowest BCUT2D eigenvalue weighted by atomic mass is 10.1. The Bertz CT molecular complexity index is 294. The fourth-order valence-electron chi connectivity index (χ4n) is 2.47. The molecule has 0 aliphatic carbocycles. The third kappa shape index (κ3) is 4.54. The maximum Gasteiger partial charge on any atom is 0.213 e. The molecular weight excluding hydrogens is 240 g/mol. The molecule has 2 heterocycles. The smallest absolute Gasteiger partial charge is 0.213 e. The van der Waals surface area contributed by atoms with Crippen LogP contribution < -0.4 is 10.0 Å². The molecule has 0 aromatic rings. The van der Waals surface area contributed by atoms with Crippen LogP contribution in [0.5, 0.6) is 0 Å². The molecule has 0 bridgehead atoms. The molecule has 0 aromatic heterocycles. The number of ether oxygens (including phenoxy) is 1. The van der Waals surface area contributed by atoms with Crippen LogP contribution in [-0.2, 0) is 14.8 Å². The lowest BCUT2D eigenvalue weighted by Gasteiger charge is -2.26. The molecule has 2 aliphatic heterocycles. The van der Waals surface area contributed by atoms with Gasteiger partial charge in [0, 0.05) is 18.7 Å². The molecule has 2 atom stereocenters. The van der Waals surface area contributed by atoms with Crippen molar-refractivity contribution in [2.24, 2.45) is 0 Å². The second-order valence-corrected chi connectivity index (χ2v) is 6.76. The minimum atomic E-state index is -3.17. The SMILES string of the molecule is O=S(=O)(CC1CCCCN1)NC1CCCOC1. The van der Waals surface area contributed by atoms with Crippen LogP contribution in [0.2, 0.25) is 0 Å². The summed E-state index contributed by atoms with van der Waals surface area (Å²) in [5.74, 6) is 0.198. The Morgan fingerprint density at radius 1 is 1.24 bits per heavy atom.